The Hall–Kier alpha value is -3.36. The smallest absolute Gasteiger partial charge is 0.245 e. The summed E-state index contributed by atoms with van der Waals surface area (Å²) >= 11 is 0. The van der Waals surface area contributed by atoms with E-state index in [1.54, 1.807) is 31.8 Å². The third kappa shape index (κ3) is 5.22. The summed E-state index contributed by atoms with van der Waals surface area (Å²) in [5, 5.41) is 4.54. The van der Waals surface area contributed by atoms with Crippen LogP contribution in [0.1, 0.15) is 18.3 Å². The summed E-state index contributed by atoms with van der Waals surface area (Å²) in [6.07, 6.45) is 4.06. The van der Waals surface area contributed by atoms with Gasteiger partial charge in [-0.15, -0.1) is 0 Å². The predicted molar refractivity (Wildman–Crippen MR) is 114 cm³/mol. The summed E-state index contributed by atoms with van der Waals surface area (Å²) in [4.78, 5) is 38.5. The van der Waals surface area contributed by atoms with Crippen LogP contribution in [0.5, 0.6) is 0 Å². The lowest BCUT2D eigenvalue weighted by Gasteiger charge is -2.25. The zero-order chi connectivity index (χ0) is 22.4. The Labute approximate surface area is 180 Å². The van der Waals surface area contributed by atoms with Gasteiger partial charge in [-0.05, 0) is 37.3 Å². The molecule has 162 valence electrons. The Morgan fingerprint density at radius 3 is 2.65 bits per heavy atom. The Morgan fingerprint density at radius 1 is 1.19 bits per heavy atom. The fraction of sp³-hybridized carbons (Fsp3) is 0.304. The number of carbonyl (C=O) groups is 3. The van der Waals surface area contributed by atoms with Gasteiger partial charge in [-0.25, -0.2) is 4.68 Å². The fourth-order valence-corrected chi connectivity index (χ4v) is 3.14. The van der Waals surface area contributed by atoms with E-state index in [1.807, 2.05) is 30.3 Å². The number of rotatable bonds is 9. The van der Waals surface area contributed by atoms with Gasteiger partial charge >= 0.3 is 0 Å². The van der Waals surface area contributed by atoms with Gasteiger partial charge in [0.05, 0.1) is 36.9 Å². The Kier molecular flexibility index (Phi) is 7.28. The second-order valence-corrected chi connectivity index (χ2v) is 7.11. The van der Waals surface area contributed by atoms with Gasteiger partial charge in [0.2, 0.25) is 5.91 Å². The van der Waals surface area contributed by atoms with Crippen molar-refractivity contribution < 1.29 is 23.9 Å². The van der Waals surface area contributed by atoms with E-state index in [0.717, 1.165) is 11.4 Å². The van der Waals surface area contributed by atoms with Crippen molar-refractivity contribution in [1.29, 1.82) is 0 Å². The highest BCUT2D eigenvalue weighted by atomic mass is 16.5. The number of methoxy groups -OCH3 is 1. The lowest BCUT2D eigenvalue weighted by Crippen LogP contribution is -2.43. The van der Waals surface area contributed by atoms with E-state index in [1.165, 1.54) is 23.1 Å². The molecule has 0 saturated heterocycles. The van der Waals surface area contributed by atoms with Crippen LogP contribution in [0.25, 0.3) is 11.8 Å². The average molecular weight is 423 g/mol. The van der Waals surface area contributed by atoms with Gasteiger partial charge in [0, 0.05) is 25.9 Å². The fourth-order valence-electron chi connectivity index (χ4n) is 3.14. The molecule has 0 aliphatic carbocycles. The highest BCUT2D eigenvalue weighted by Gasteiger charge is 2.37. The Morgan fingerprint density at radius 2 is 1.94 bits per heavy atom. The van der Waals surface area contributed by atoms with Crippen molar-refractivity contribution >= 4 is 23.5 Å². The van der Waals surface area contributed by atoms with Crippen LogP contribution < -0.4 is 0 Å². The molecule has 0 N–H and O–H groups in total. The highest BCUT2D eigenvalue weighted by Crippen LogP contribution is 2.19. The van der Waals surface area contributed by atoms with Crippen LogP contribution in [-0.2, 0) is 30.5 Å². The molecule has 1 aliphatic rings. The Bertz CT molecular complexity index is 1020. The first-order valence-corrected chi connectivity index (χ1v) is 9.85. The minimum absolute atomic E-state index is 0.307. The number of carbonyl (C=O) groups excluding carboxylic acids is 3. The molecular formula is C23H25N3O5. The second-order valence-electron chi connectivity index (χ2n) is 7.11. The maximum atomic E-state index is 12.6. The molecule has 1 aliphatic heterocycles. The molecule has 0 spiro atoms. The van der Waals surface area contributed by atoms with Crippen molar-refractivity contribution in [2.45, 2.75) is 13.5 Å². The number of benzene rings is 1. The molecular weight excluding hydrogens is 398 g/mol. The zero-order valence-electron chi connectivity index (χ0n) is 17.8. The molecule has 0 saturated carbocycles. The van der Waals surface area contributed by atoms with E-state index in [2.05, 4.69) is 5.10 Å². The standard InChI is InChI=1S/C23H25N3O5/c1-16-13-21(28)22(23(29)25(16)2)20(27)10-9-17-14-19(15-31-12-11-30-3)26(24-17)18-7-5-4-6-8-18/h4-10,13-14,22H,11-12,15H2,1-3H3/b10-9+. The first-order chi connectivity index (χ1) is 14.9. The minimum atomic E-state index is -1.35. The maximum absolute atomic E-state index is 12.6. The summed E-state index contributed by atoms with van der Waals surface area (Å²) in [7, 11) is 3.15. The normalized spacial score (nSPS) is 16.8. The lowest BCUT2D eigenvalue weighted by molar-refractivity contribution is -0.142. The number of allylic oxidation sites excluding steroid dienone is 3. The van der Waals surface area contributed by atoms with Gasteiger partial charge < -0.3 is 14.4 Å². The van der Waals surface area contributed by atoms with Crippen LogP contribution in [0.2, 0.25) is 0 Å². The summed E-state index contributed by atoms with van der Waals surface area (Å²) in [5.74, 6) is -2.95. The SMILES string of the molecule is COCCOCc1cc(/C=C/C(=O)C2C(=O)C=C(C)N(C)C2=O)nn1-c1ccccc1. The predicted octanol–water partition coefficient (Wildman–Crippen LogP) is 2.18. The monoisotopic (exact) mass is 423 g/mol. The summed E-state index contributed by atoms with van der Waals surface area (Å²) < 4.78 is 12.4. The molecule has 1 atom stereocenters. The molecule has 31 heavy (non-hydrogen) atoms. The van der Waals surface area contributed by atoms with Gasteiger partial charge in [0.25, 0.3) is 0 Å². The van der Waals surface area contributed by atoms with Gasteiger partial charge in [-0.3, -0.25) is 14.4 Å². The maximum Gasteiger partial charge on any atom is 0.245 e. The molecule has 2 aromatic rings. The highest BCUT2D eigenvalue weighted by molar-refractivity contribution is 6.26. The minimum Gasteiger partial charge on any atom is -0.382 e. The van der Waals surface area contributed by atoms with E-state index < -0.39 is 23.4 Å². The number of hydrogen-bond donors (Lipinski definition) is 0. The molecule has 1 aromatic heterocycles. The number of amides is 1. The first-order valence-electron chi connectivity index (χ1n) is 9.85. The summed E-state index contributed by atoms with van der Waals surface area (Å²) in [6.45, 7) is 2.87. The quantitative estimate of drug-likeness (QED) is 0.349. The first kappa shape index (κ1) is 22.3. The van der Waals surface area contributed by atoms with Crippen molar-refractivity contribution in [1.82, 2.24) is 14.7 Å². The second kappa shape index (κ2) is 10.1. The van der Waals surface area contributed by atoms with E-state index in [0.29, 0.717) is 31.2 Å². The number of ketones is 2. The zero-order valence-corrected chi connectivity index (χ0v) is 17.8. The van der Waals surface area contributed by atoms with E-state index in [-0.39, 0.29) is 0 Å². The average Bonchev–Trinajstić information content (AvgIpc) is 3.17. The van der Waals surface area contributed by atoms with Crippen LogP contribution in [0.4, 0.5) is 0 Å². The molecule has 0 bridgehead atoms. The van der Waals surface area contributed by atoms with E-state index in [9.17, 15) is 14.4 Å². The topological polar surface area (TPSA) is 90.7 Å². The number of para-hydroxylation sites is 1. The van der Waals surface area contributed by atoms with Gasteiger partial charge in [-0.1, -0.05) is 18.2 Å². The molecule has 0 radical (unpaired) electrons. The van der Waals surface area contributed by atoms with Gasteiger partial charge in [0.1, 0.15) is 0 Å². The largest absolute Gasteiger partial charge is 0.382 e. The number of ether oxygens (including phenoxy) is 2. The van der Waals surface area contributed by atoms with Crippen molar-refractivity contribution in [2.24, 2.45) is 5.92 Å². The third-order valence-electron chi connectivity index (χ3n) is 4.93. The van der Waals surface area contributed by atoms with Crippen molar-refractivity contribution in [3.63, 3.8) is 0 Å². The molecule has 0 fully saturated rings. The van der Waals surface area contributed by atoms with Crippen LogP contribution in [-0.4, -0.2) is 59.5 Å². The molecule has 3 rings (SSSR count). The molecule has 1 aromatic carbocycles. The molecule has 8 nitrogen and oxygen atoms in total. The lowest BCUT2D eigenvalue weighted by atomic mass is 9.93. The molecule has 1 unspecified atom stereocenters. The van der Waals surface area contributed by atoms with Gasteiger partial charge in [-0.2, -0.15) is 5.10 Å². The van der Waals surface area contributed by atoms with Crippen molar-refractivity contribution in [3.05, 3.63) is 65.6 Å². The third-order valence-corrected chi connectivity index (χ3v) is 4.93. The molecule has 2 heterocycles. The van der Waals surface area contributed by atoms with E-state index >= 15 is 0 Å². The van der Waals surface area contributed by atoms with Crippen LogP contribution in [0.3, 0.4) is 0 Å². The summed E-state index contributed by atoms with van der Waals surface area (Å²) in [6, 6.07) is 11.3. The molecule has 8 heteroatoms. The number of aromatic nitrogens is 2. The Balaban J connectivity index is 1.81. The van der Waals surface area contributed by atoms with Crippen LogP contribution in [0, 0.1) is 5.92 Å². The van der Waals surface area contributed by atoms with Crippen molar-refractivity contribution in [3.8, 4) is 5.69 Å². The molecule has 1 amide bonds. The van der Waals surface area contributed by atoms with E-state index in [4.69, 9.17) is 9.47 Å². The summed E-state index contributed by atoms with van der Waals surface area (Å²) in [5.41, 5.74) is 2.66. The number of hydrogen-bond acceptors (Lipinski definition) is 6. The van der Waals surface area contributed by atoms with Crippen LogP contribution >= 0.6 is 0 Å². The number of nitrogens with zero attached hydrogens (tertiary/aromatic N) is 3. The van der Waals surface area contributed by atoms with Crippen LogP contribution in [0.15, 0.2) is 54.2 Å². The van der Waals surface area contributed by atoms with Crippen molar-refractivity contribution in [2.75, 3.05) is 27.4 Å². The van der Waals surface area contributed by atoms with Gasteiger partial charge in [0.15, 0.2) is 17.5 Å².